The smallest absolute Gasteiger partial charge is 0.158 e. The number of carbonyl (C=O) groups is 1. The van der Waals surface area contributed by atoms with Gasteiger partial charge in [-0.05, 0) is 122 Å². The standard InChI is InChI=1S/C44H40N2O/c1-32(2)44(47)31-16-35-14-25-41(26-15-35)46(40-23-12-34(4)13-24-40)43-29-19-37(20-30-43)36-17-27-42(28-18-36)45(38-8-6-5-7-9-38)39-21-10-33(3)11-22-39/h5-15,17-30H,1,16,31H2,2-4H3. The van der Waals surface area contributed by atoms with Crippen molar-refractivity contribution >= 4 is 39.9 Å². The molecule has 0 atom stereocenters. The number of allylic oxidation sites excluding steroid dienone is 1. The van der Waals surface area contributed by atoms with Crippen molar-refractivity contribution in [1.82, 2.24) is 0 Å². The Balaban J connectivity index is 1.27. The van der Waals surface area contributed by atoms with Crippen molar-refractivity contribution in [2.45, 2.75) is 33.6 Å². The molecule has 0 unspecified atom stereocenters. The summed E-state index contributed by atoms with van der Waals surface area (Å²) in [6.07, 6.45) is 1.19. The van der Waals surface area contributed by atoms with E-state index in [4.69, 9.17) is 0 Å². The molecule has 0 fully saturated rings. The molecule has 3 heteroatoms. The van der Waals surface area contributed by atoms with Crippen LogP contribution in [-0.4, -0.2) is 5.78 Å². The predicted molar refractivity (Wildman–Crippen MR) is 199 cm³/mol. The number of nitrogens with zero attached hydrogens (tertiary/aromatic N) is 2. The maximum Gasteiger partial charge on any atom is 0.158 e. The maximum absolute atomic E-state index is 12.1. The Morgan fingerprint density at radius 2 is 0.830 bits per heavy atom. The van der Waals surface area contributed by atoms with Crippen LogP contribution in [0.2, 0.25) is 0 Å². The first-order valence-electron chi connectivity index (χ1n) is 16.1. The molecule has 6 rings (SSSR count). The molecule has 0 amide bonds. The molecule has 0 heterocycles. The zero-order chi connectivity index (χ0) is 32.8. The number of hydrogen-bond acceptors (Lipinski definition) is 3. The fourth-order valence-electron chi connectivity index (χ4n) is 5.75. The average Bonchev–Trinajstić information content (AvgIpc) is 3.11. The molecule has 0 N–H and O–H groups in total. The highest BCUT2D eigenvalue weighted by Crippen LogP contribution is 2.38. The van der Waals surface area contributed by atoms with Gasteiger partial charge in [-0.15, -0.1) is 0 Å². The van der Waals surface area contributed by atoms with E-state index in [-0.39, 0.29) is 5.78 Å². The Morgan fingerprint density at radius 3 is 1.21 bits per heavy atom. The third kappa shape index (κ3) is 7.43. The molecular weight excluding hydrogens is 572 g/mol. The lowest BCUT2D eigenvalue weighted by Gasteiger charge is -2.26. The predicted octanol–water partition coefficient (Wildman–Crippen LogP) is 12.0. The zero-order valence-corrected chi connectivity index (χ0v) is 27.4. The van der Waals surface area contributed by atoms with Crippen LogP contribution >= 0.6 is 0 Å². The van der Waals surface area contributed by atoms with Gasteiger partial charge in [-0.3, -0.25) is 4.79 Å². The summed E-state index contributed by atoms with van der Waals surface area (Å²) < 4.78 is 0. The van der Waals surface area contributed by atoms with Gasteiger partial charge in [-0.2, -0.15) is 0 Å². The SMILES string of the molecule is C=C(C)C(=O)CCc1ccc(N(c2ccc(C)cc2)c2ccc(-c3ccc(N(c4ccccc4)c4ccc(C)cc4)cc3)cc2)cc1. The number of hydrogen-bond donors (Lipinski definition) is 0. The minimum atomic E-state index is 0.116. The summed E-state index contributed by atoms with van der Waals surface area (Å²) in [4.78, 5) is 16.6. The van der Waals surface area contributed by atoms with Gasteiger partial charge in [0.1, 0.15) is 0 Å². The lowest BCUT2D eigenvalue weighted by molar-refractivity contribution is -0.115. The van der Waals surface area contributed by atoms with Gasteiger partial charge < -0.3 is 9.80 Å². The van der Waals surface area contributed by atoms with E-state index < -0.39 is 0 Å². The summed E-state index contributed by atoms with van der Waals surface area (Å²) in [5, 5.41) is 0. The molecule has 6 aromatic rings. The molecule has 47 heavy (non-hydrogen) atoms. The van der Waals surface area contributed by atoms with Crippen LogP contribution < -0.4 is 9.80 Å². The molecule has 3 nitrogen and oxygen atoms in total. The minimum absolute atomic E-state index is 0.116. The van der Waals surface area contributed by atoms with Gasteiger partial charge in [-0.1, -0.05) is 96.6 Å². The van der Waals surface area contributed by atoms with E-state index in [1.807, 2.05) is 6.07 Å². The van der Waals surface area contributed by atoms with E-state index in [1.165, 1.54) is 11.1 Å². The summed E-state index contributed by atoms with van der Waals surface area (Å²) in [7, 11) is 0. The first kappa shape index (κ1) is 31.3. The summed E-state index contributed by atoms with van der Waals surface area (Å²) >= 11 is 0. The van der Waals surface area contributed by atoms with Gasteiger partial charge in [0.15, 0.2) is 5.78 Å². The molecule has 0 radical (unpaired) electrons. The first-order chi connectivity index (χ1) is 22.9. The van der Waals surface area contributed by atoms with Gasteiger partial charge in [0.2, 0.25) is 0 Å². The highest BCUT2D eigenvalue weighted by atomic mass is 16.1. The van der Waals surface area contributed by atoms with Crippen molar-refractivity contribution in [2.75, 3.05) is 9.80 Å². The van der Waals surface area contributed by atoms with Gasteiger partial charge in [0.25, 0.3) is 0 Å². The molecule has 0 bridgehead atoms. The Kier molecular flexibility index (Phi) is 9.45. The normalized spacial score (nSPS) is 10.8. The number of rotatable bonds is 11. The highest BCUT2D eigenvalue weighted by molar-refractivity contribution is 5.94. The van der Waals surface area contributed by atoms with E-state index in [0.29, 0.717) is 18.4 Å². The molecule has 0 aromatic heterocycles. The van der Waals surface area contributed by atoms with Crippen LogP contribution in [0.25, 0.3) is 11.1 Å². The second-order valence-electron chi connectivity index (χ2n) is 12.1. The zero-order valence-electron chi connectivity index (χ0n) is 27.4. The Morgan fingerprint density at radius 1 is 0.489 bits per heavy atom. The van der Waals surface area contributed by atoms with Crippen LogP contribution in [-0.2, 0) is 11.2 Å². The third-order valence-electron chi connectivity index (χ3n) is 8.49. The van der Waals surface area contributed by atoms with Crippen molar-refractivity contribution < 1.29 is 4.79 Å². The summed E-state index contributed by atoms with van der Waals surface area (Å²) in [6, 6.07) is 53.8. The lowest BCUT2D eigenvalue weighted by atomic mass is 10.0. The van der Waals surface area contributed by atoms with Crippen molar-refractivity contribution in [2.24, 2.45) is 0 Å². The number of aryl methyl sites for hydroxylation is 3. The lowest BCUT2D eigenvalue weighted by Crippen LogP contribution is -2.10. The van der Waals surface area contributed by atoms with Crippen LogP contribution in [0, 0.1) is 13.8 Å². The number of anilines is 6. The molecule has 0 aliphatic rings. The molecule has 0 saturated carbocycles. The van der Waals surface area contributed by atoms with Crippen LogP contribution in [0.15, 0.2) is 164 Å². The number of benzene rings is 6. The monoisotopic (exact) mass is 612 g/mol. The summed E-state index contributed by atoms with van der Waals surface area (Å²) in [5.41, 5.74) is 13.1. The van der Waals surface area contributed by atoms with Gasteiger partial charge in [-0.25, -0.2) is 0 Å². The first-order valence-corrected chi connectivity index (χ1v) is 16.1. The van der Waals surface area contributed by atoms with E-state index in [2.05, 4.69) is 176 Å². The van der Waals surface area contributed by atoms with Crippen LogP contribution in [0.1, 0.15) is 30.0 Å². The summed E-state index contributed by atoms with van der Waals surface area (Å²) in [5.74, 6) is 0.116. The van der Waals surface area contributed by atoms with Crippen molar-refractivity contribution in [3.8, 4) is 11.1 Å². The Bertz CT molecular complexity index is 1940. The fourth-order valence-corrected chi connectivity index (χ4v) is 5.75. The minimum Gasteiger partial charge on any atom is -0.311 e. The van der Waals surface area contributed by atoms with Crippen molar-refractivity contribution in [3.05, 3.63) is 181 Å². The molecule has 6 aromatic carbocycles. The molecular formula is C44H40N2O. The molecule has 0 aliphatic heterocycles. The van der Waals surface area contributed by atoms with Gasteiger partial charge in [0, 0.05) is 40.5 Å². The third-order valence-corrected chi connectivity index (χ3v) is 8.49. The second kappa shape index (κ2) is 14.2. The van der Waals surface area contributed by atoms with E-state index in [9.17, 15) is 4.79 Å². The molecule has 0 aliphatic carbocycles. The van der Waals surface area contributed by atoms with Gasteiger partial charge in [0.05, 0.1) is 0 Å². The number of para-hydroxylation sites is 1. The fraction of sp³-hybridized carbons (Fsp3) is 0.114. The quantitative estimate of drug-likeness (QED) is 0.136. The second-order valence-corrected chi connectivity index (χ2v) is 12.1. The maximum atomic E-state index is 12.1. The summed E-state index contributed by atoms with van der Waals surface area (Å²) in [6.45, 7) is 9.78. The van der Waals surface area contributed by atoms with Crippen LogP contribution in [0.3, 0.4) is 0 Å². The largest absolute Gasteiger partial charge is 0.311 e. The number of carbonyl (C=O) groups excluding carboxylic acids is 1. The van der Waals surface area contributed by atoms with E-state index >= 15 is 0 Å². The number of Topliss-reactive ketones (excluding diaryl/α,β-unsaturated/α-hetero) is 1. The van der Waals surface area contributed by atoms with E-state index in [0.717, 1.165) is 50.8 Å². The number of ketones is 1. The van der Waals surface area contributed by atoms with Crippen molar-refractivity contribution in [3.63, 3.8) is 0 Å². The van der Waals surface area contributed by atoms with Crippen LogP contribution in [0.4, 0.5) is 34.1 Å². The molecule has 0 saturated heterocycles. The Hall–Kier alpha value is -5.67. The van der Waals surface area contributed by atoms with Crippen molar-refractivity contribution in [1.29, 1.82) is 0 Å². The van der Waals surface area contributed by atoms with E-state index in [1.54, 1.807) is 6.92 Å². The average molecular weight is 613 g/mol. The molecule has 0 spiro atoms. The Labute approximate surface area is 279 Å². The topological polar surface area (TPSA) is 23.6 Å². The van der Waals surface area contributed by atoms with Gasteiger partial charge >= 0.3 is 0 Å². The highest BCUT2D eigenvalue weighted by Gasteiger charge is 2.15. The van der Waals surface area contributed by atoms with Crippen LogP contribution in [0.5, 0.6) is 0 Å². The molecule has 232 valence electrons.